The molecule has 0 fully saturated rings. The van der Waals surface area contributed by atoms with Crippen LogP contribution in [0.5, 0.6) is 0 Å². The Morgan fingerprint density at radius 3 is 2.17 bits per heavy atom. The number of carbonyl (C=O) groups excluding carboxylic acids is 2. The van der Waals surface area contributed by atoms with Crippen LogP contribution in [0.25, 0.3) is 0 Å². The fourth-order valence-electron chi connectivity index (χ4n) is 2.29. The standard InChI is InChI=1S/C16H36N6O2/c1-18-8-5-7-14(17)16(24)22-9-4-6-13(20-3)12-15(23)21-11-10-19-2/h13-14,18-20H,4-12,17H2,1-3H3,(H,21,23)(H,22,24)/t13-,14-/m0/s1. The first-order valence-corrected chi connectivity index (χ1v) is 8.81. The molecule has 7 N–H and O–H groups in total. The Bertz CT molecular complexity index is 341. The molecular formula is C16H36N6O2. The zero-order chi connectivity index (χ0) is 18.2. The number of hydrogen-bond donors (Lipinski definition) is 6. The molecule has 0 aromatic carbocycles. The SMILES string of the molecule is CNCCC[C@H](N)C(=O)NCCC[C@@H](CC(=O)NCCNC)NC. The van der Waals surface area contributed by atoms with Crippen LogP contribution < -0.4 is 32.3 Å². The van der Waals surface area contributed by atoms with Crippen molar-refractivity contribution in [1.29, 1.82) is 0 Å². The smallest absolute Gasteiger partial charge is 0.236 e. The van der Waals surface area contributed by atoms with Crippen molar-refractivity contribution in [2.45, 2.75) is 44.2 Å². The van der Waals surface area contributed by atoms with Crippen LogP contribution in [0.1, 0.15) is 32.1 Å². The van der Waals surface area contributed by atoms with Crippen molar-refractivity contribution >= 4 is 11.8 Å². The molecule has 0 spiro atoms. The molecule has 8 heteroatoms. The van der Waals surface area contributed by atoms with Crippen molar-refractivity contribution in [3.63, 3.8) is 0 Å². The summed E-state index contributed by atoms with van der Waals surface area (Å²) in [6.45, 7) is 2.84. The van der Waals surface area contributed by atoms with Crippen LogP contribution in [0.2, 0.25) is 0 Å². The summed E-state index contributed by atoms with van der Waals surface area (Å²) in [5.41, 5.74) is 5.84. The molecule has 2 atom stereocenters. The van der Waals surface area contributed by atoms with E-state index in [1.165, 1.54) is 0 Å². The number of rotatable bonds is 15. The average molecular weight is 345 g/mol. The average Bonchev–Trinajstić information content (AvgIpc) is 2.57. The van der Waals surface area contributed by atoms with Crippen LogP contribution in [0.4, 0.5) is 0 Å². The van der Waals surface area contributed by atoms with Crippen LogP contribution in [-0.4, -0.2) is 71.2 Å². The molecule has 0 aliphatic heterocycles. The lowest BCUT2D eigenvalue weighted by Gasteiger charge is -2.17. The van der Waals surface area contributed by atoms with Crippen molar-refractivity contribution < 1.29 is 9.59 Å². The van der Waals surface area contributed by atoms with Gasteiger partial charge < -0.3 is 32.3 Å². The van der Waals surface area contributed by atoms with E-state index in [0.29, 0.717) is 25.9 Å². The minimum absolute atomic E-state index is 0.0418. The summed E-state index contributed by atoms with van der Waals surface area (Å²) in [5.74, 6) is -0.0582. The lowest BCUT2D eigenvalue weighted by molar-refractivity contribution is -0.123. The van der Waals surface area contributed by atoms with Gasteiger partial charge in [0.15, 0.2) is 0 Å². The summed E-state index contributed by atoms with van der Waals surface area (Å²) < 4.78 is 0. The summed E-state index contributed by atoms with van der Waals surface area (Å²) in [6, 6.07) is -0.336. The first-order valence-electron chi connectivity index (χ1n) is 8.81. The molecule has 0 radical (unpaired) electrons. The number of hydrogen-bond acceptors (Lipinski definition) is 6. The third-order valence-electron chi connectivity index (χ3n) is 3.84. The number of amides is 2. The molecule has 2 amide bonds. The van der Waals surface area contributed by atoms with E-state index in [1.807, 2.05) is 21.1 Å². The maximum Gasteiger partial charge on any atom is 0.236 e. The quantitative estimate of drug-likeness (QED) is 0.202. The van der Waals surface area contributed by atoms with Crippen LogP contribution in [0.15, 0.2) is 0 Å². The monoisotopic (exact) mass is 344 g/mol. The Kier molecular flexibility index (Phi) is 14.5. The predicted molar refractivity (Wildman–Crippen MR) is 97.8 cm³/mol. The predicted octanol–water partition coefficient (Wildman–Crippen LogP) is -1.48. The molecule has 0 unspecified atom stereocenters. The van der Waals surface area contributed by atoms with Gasteiger partial charge in [0.25, 0.3) is 0 Å². The van der Waals surface area contributed by atoms with Gasteiger partial charge in [0.2, 0.25) is 11.8 Å². The Morgan fingerprint density at radius 2 is 1.54 bits per heavy atom. The summed E-state index contributed by atoms with van der Waals surface area (Å²) in [7, 11) is 5.58. The summed E-state index contributed by atoms with van der Waals surface area (Å²) >= 11 is 0. The van der Waals surface area contributed by atoms with Gasteiger partial charge in [0.05, 0.1) is 6.04 Å². The third-order valence-corrected chi connectivity index (χ3v) is 3.84. The zero-order valence-electron chi connectivity index (χ0n) is 15.4. The van der Waals surface area contributed by atoms with E-state index in [1.54, 1.807) is 0 Å². The van der Waals surface area contributed by atoms with Crippen molar-refractivity contribution in [3.8, 4) is 0 Å². The van der Waals surface area contributed by atoms with Gasteiger partial charge in [0, 0.05) is 32.1 Å². The molecule has 0 aliphatic rings. The van der Waals surface area contributed by atoms with E-state index in [0.717, 1.165) is 32.4 Å². The van der Waals surface area contributed by atoms with Crippen molar-refractivity contribution in [3.05, 3.63) is 0 Å². The highest BCUT2D eigenvalue weighted by Crippen LogP contribution is 2.01. The van der Waals surface area contributed by atoms with Crippen molar-refractivity contribution in [2.24, 2.45) is 5.73 Å². The first-order chi connectivity index (χ1) is 11.5. The highest BCUT2D eigenvalue weighted by atomic mass is 16.2. The van der Waals surface area contributed by atoms with E-state index < -0.39 is 6.04 Å². The molecule has 0 saturated heterocycles. The zero-order valence-corrected chi connectivity index (χ0v) is 15.4. The number of carbonyl (C=O) groups is 2. The molecule has 0 rings (SSSR count). The molecular weight excluding hydrogens is 308 g/mol. The van der Waals surface area contributed by atoms with E-state index in [4.69, 9.17) is 5.73 Å². The fraction of sp³-hybridized carbons (Fsp3) is 0.875. The summed E-state index contributed by atoms with van der Waals surface area (Å²) in [6.07, 6.45) is 3.64. The topological polar surface area (TPSA) is 120 Å². The Hall–Kier alpha value is -1.22. The van der Waals surface area contributed by atoms with Crippen LogP contribution in [0, 0.1) is 0 Å². The molecule has 8 nitrogen and oxygen atoms in total. The number of likely N-dealkylation sites (N-methyl/N-ethyl adjacent to an activating group) is 1. The van der Waals surface area contributed by atoms with Gasteiger partial charge >= 0.3 is 0 Å². The fourth-order valence-corrected chi connectivity index (χ4v) is 2.29. The van der Waals surface area contributed by atoms with Crippen LogP contribution in [0.3, 0.4) is 0 Å². The highest BCUT2D eigenvalue weighted by molar-refractivity contribution is 5.81. The van der Waals surface area contributed by atoms with Crippen molar-refractivity contribution in [1.82, 2.24) is 26.6 Å². The maximum atomic E-state index is 11.8. The summed E-state index contributed by atoms with van der Waals surface area (Å²) in [4.78, 5) is 23.6. The molecule has 142 valence electrons. The lowest BCUT2D eigenvalue weighted by Crippen LogP contribution is -2.41. The largest absolute Gasteiger partial charge is 0.355 e. The van der Waals surface area contributed by atoms with Gasteiger partial charge in [-0.2, -0.15) is 0 Å². The van der Waals surface area contributed by atoms with Gasteiger partial charge in [0.1, 0.15) is 0 Å². The molecule has 0 saturated carbocycles. The maximum absolute atomic E-state index is 11.8. The van der Waals surface area contributed by atoms with E-state index in [2.05, 4.69) is 26.6 Å². The van der Waals surface area contributed by atoms with E-state index in [-0.39, 0.29) is 17.9 Å². The lowest BCUT2D eigenvalue weighted by atomic mass is 10.1. The molecule has 24 heavy (non-hydrogen) atoms. The molecule has 0 heterocycles. The van der Waals surface area contributed by atoms with Gasteiger partial charge in [-0.05, 0) is 53.4 Å². The number of nitrogens with two attached hydrogens (primary N) is 1. The molecule has 0 aromatic heterocycles. The van der Waals surface area contributed by atoms with Gasteiger partial charge in [-0.15, -0.1) is 0 Å². The van der Waals surface area contributed by atoms with Gasteiger partial charge in [-0.25, -0.2) is 0 Å². The molecule has 0 aromatic rings. The molecule has 0 bridgehead atoms. The Labute approximate surface area is 146 Å². The van der Waals surface area contributed by atoms with E-state index in [9.17, 15) is 9.59 Å². The van der Waals surface area contributed by atoms with Crippen LogP contribution >= 0.6 is 0 Å². The summed E-state index contributed by atoms with van der Waals surface area (Å²) in [5, 5.41) is 14.9. The second-order valence-corrected chi connectivity index (χ2v) is 5.93. The number of nitrogens with one attached hydrogen (secondary N) is 5. The van der Waals surface area contributed by atoms with E-state index >= 15 is 0 Å². The minimum Gasteiger partial charge on any atom is -0.355 e. The minimum atomic E-state index is -0.448. The van der Waals surface area contributed by atoms with Gasteiger partial charge in [-0.3, -0.25) is 9.59 Å². The van der Waals surface area contributed by atoms with Crippen LogP contribution in [-0.2, 0) is 9.59 Å². The first kappa shape index (κ1) is 22.8. The third kappa shape index (κ3) is 12.2. The van der Waals surface area contributed by atoms with Crippen molar-refractivity contribution in [2.75, 3.05) is 47.3 Å². The second kappa shape index (κ2) is 15.3. The second-order valence-electron chi connectivity index (χ2n) is 5.93. The Balaban J connectivity index is 3.81. The van der Waals surface area contributed by atoms with Gasteiger partial charge in [-0.1, -0.05) is 0 Å². The Morgan fingerprint density at radius 1 is 0.875 bits per heavy atom. The highest BCUT2D eigenvalue weighted by Gasteiger charge is 2.14. The normalized spacial score (nSPS) is 13.3. The molecule has 0 aliphatic carbocycles.